The average molecular weight is 422 g/mol. The number of rotatable bonds is 9. The first-order valence-corrected chi connectivity index (χ1v) is 11.6. The minimum Gasteiger partial charge on any atom is -0.361 e. The van der Waals surface area contributed by atoms with Gasteiger partial charge in [-0.3, -0.25) is 9.59 Å². The number of nitrogens with zero attached hydrogens (tertiary/aromatic N) is 1. The molecule has 3 aliphatic heterocycles. The number of hydrogen-bond acceptors (Lipinski definition) is 3. The number of benzene rings is 1. The fraction of sp³-hybridized carbons (Fsp3) is 0.520. The molecule has 6 heteroatoms. The number of aromatic amines is 1. The summed E-state index contributed by atoms with van der Waals surface area (Å²) in [6.45, 7) is 4.01. The van der Waals surface area contributed by atoms with E-state index in [2.05, 4.69) is 29.4 Å². The largest absolute Gasteiger partial charge is 0.361 e. The summed E-state index contributed by atoms with van der Waals surface area (Å²) in [5.74, 6) is -0.801. The maximum atomic E-state index is 13.3. The van der Waals surface area contributed by atoms with E-state index >= 15 is 0 Å². The maximum Gasteiger partial charge on any atom is 0.230 e. The van der Waals surface area contributed by atoms with Crippen LogP contribution in [0.1, 0.15) is 38.2 Å². The van der Waals surface area contributed by atoms with Crippen LogP contribution in [-0.2, 0) is 20.7 Å². The molecule has 4 atom stereocenters. The predicted molar refractivity (Wildman–Crippen MR) is 119 cm³/mol. The van der Waals surface area contributed by atoms with E-state index in [1.54, 1.807) is 0 Å². The number of amides is 2. The van der Waals surface area contributed by atoms with E-state index < -0.39 is 17.4 Å². The number of unbranched alkanes of at least 4 members (excludes halogenated alkanes) is 3. The van der Waals surface area contributed by atoms with Gasteiger partial charge in [0.15, 0.2) is 0 Å². The molecule has 6 nitrogen and oxygen atoms in total. The molecule has 5 rings (SSSR count). The summed E-state index contributed by atoms with van der Waals surface area (Å²) in [5, 5.41) is 4.26. The Morgan fingerprint density at radius 3 is 3.03 bits per heavy atom. The van der Waals surface area contributed by atoms with E-state index in [-0.39, 0.29) is 17.9 Å². The molecule has 1 aromatic heterocycles. The van der Waals surface area contributed by atoms with Crippen molar-refractivity contribution in [2.24, 2.45) is 11.8 Å². The third-order valence-electron chi connectivity index (χ3n) is 7.14. The molecule has 1 spiro atoms. The first-order valence-electron chi connectivity index (χ1n) is 11.6. The number of nitrogens with one attached hydrogen (secondary N) is 2. The van der Waals surface area contributed by atoms with E-state index in [1.165, 1.54) is 23.8 Å². The fourth-order valence-electron chi connectivity index (χ4n) is 5.54. The Hall–Kier alpha value is -2.60. The lowest BCUT2D eigenvalue weighted by Crippen LogP contribution is -2.44. The molecular weight excluding hydrogens is 390 g/mol. The number of aromatic nitrogens is 1. The third kappa shape index (κ3) is 3.47. The number of para-hydroxylation sites is 1. The van der Waals surface area contributed by atoms with Crippen molar-refractivity contribution in [3.05, 3.63) is 48.2 Å². The van der Waals surface area contributed by atoms with Gasteiger partial charge in [0, 0.05) is 30.2 Å². The van der Waals surface area contributed by atoms with E-state index in [9.17, 15) is 9.59 Å². The second-order valence-electron chi connectivity index (χ2n) is 9.12. The van der Waals surface area contributed by atoms with Gasteiger partial charge in [-0.15, -0.1) is 0 Å². The molecule has 4 heterocycles. The number of carbonyl (C=O) groups is 2. The molecule has 2 aromatic rings. The Kier molecular flexibility index (Phi) is 5.34. The first kappa shape index (κ1) is 20.3. The predicted octanol–water partition coefficient (Wildman–Crippen LogP) is 3.19. The van der Waals surface area contributed by atoms with Crippen LogP contribution >= 0.6 is 0 Å². The highest BCUT2D eigenvalue weighted by Crippen LogP contribution is 2.51. The second-order valence-corrected chi connectivity index (χ2v) is 9.12. The SMILES string of the molecule is CCCCCCNC(=O)C1C2C(=O)N(CCc3c[nH]c4ccccc34)CC23C=C[C@@H]1O3. The number of carbonyl (C=O) groups excluding carboxylic acids is 2. The summed E-state index contributed by atoms with van der Waals surface area (Å²) in [7, 11) is 0. The van der Waals surface area contributed by atoms with Crippen molar-refractivity contribution < 1.29 is 14.3 Å². The van der Waals surface area contributed by atoms with Gasteiger partial charge in [-0.2, -0.15) is 0 Å². The third-order valence-corrected chi connectivity index (χ3v) is 7.14. The Morgan fingerprint density at radius 1 is 1.29 bits per heavy atom. The molecule has 3 aliphatic rings. The Bertz CT molecular complexity index is 1010. The van der Waals surface area contributed by atoms with Gasteiger partial charge >= 0.3 is 0 Å². The molecule has 3 unspecified atom stereocenters. The maximum absolute atomic E-state index is 13.3. The molecule has 2 saturated heterocycles. The van der Waals surface area contributed by atoms with Gasteiger partial charge in [-0.05, 0) is 24.5 Å². The summed E-state index contributed by atoms with van der Waals surface area (Å²) >= 11 is 0. The summed E-state index contributed by atoms with van der Waals surface area (Å²) < 4.78 is 6.23. The van der Waals surface area contributed by atoms with E-state index in [0.717, 1.165) is 24.8 Å². The molecule has 0 aliphatic carbocycles. The van der Waals surface area contributed by atoms with Gasteiger partial charge in [0.1, 0.15) is 5.60 Å². The molecular formula is C25H31N3O3. The molecule has 2 fully saturated rings. The van der Waals surface area contributed by atoms with Crippen LogP contribution in [0.25, 0.3) is 10.9 Å². The second kappa shape index (κ2) is 8.15. The summed E-state index contributed by atoms with van der Waals surface area (Å²) in [4.78, 5) is 31.5. The van der Waals surface area contributed by atoms with Gasteiger partial charge in [0.25, 0.3) is 0 Å². The average Bonchev–Trinajstić information content (AvgIpc) is 3.52. The topological polar surface area (TPSA) is 74.4 Å². The van der Waals surface area contributed by atoms with Crippen molar-refractivity contribution in [3.8, 4) is 0 Å². The van der Waals surface area contributed by atoms with Crippen molar-refractivity contribution in [3.63, 3.8) is 0 Å². The Labute approximate surface area is 183 Å². The molecule has 31 heavy (non-hydrogen) atoms. The molecule has 1 aromatic carbocycles. The zero-order chi connectivity index (χ0) is 21.4. The number of H-pyrrole nitrogens is 1. The van der Waals surface area contributed by atoms with Crippen LogP contribution < -0.4 is 5.32 Å². The normalized spacial score (nSPS) is 28.6. The Balaban J connectivity index is 1.24. The van der Waals surface area contributed by atoms with E-state index in [1.807, 2.05) is 35.4 Å². The lowest BCUT2D eigenvalue weighted by molar-refractivity contribution is -0.137. The molecule has 0 radical (unpaired) electrons. The summed E-state index contributed by atoms with van der Waals surface area (Å²) in [6, 6.07) is 8.22. The molecule has 164 valence electrons. The summed E-state index contributed by atoms with van der Waals surface area (Å²) in [6.07, 6.45) is 11.0. The van der Waals surface area contributed by atoms with Crippen LogP contribution in [0.15, 0.2) is 42.6 Å². The van der Waals surface area contributed by atoms with Crippen molar-refractivity contribution in [2.75, 3.05) is 19.6 Å². The monoisotopic (exact) mass is 421 g/mol. The van der Waals surface area contributed by atoms with Gasteiger partial charge in [0.05, 0.1) is 24.5 Å². The van der Waals surface area contributed by atoms with E-state index in [0.29, 0.717) is 19.6 Å². The van der Waals surface area contributed by atoms with Gasteiger partial charge < -0.3 is 19.9 Å². The standard InChI is InChI=1S/C25H31N3O3/c1-2-3-4-7-13-26-23(29)21-20-10-12-25(31-20)16-28(24(30)22(21)25)14-11-17-15-27-19-9-6-5-8-18(17)19/h5-6,8-10,12,15,20-22,27H,2-4,7,11,13-14,16H2,1H3,(H,26,29)/t20-,21?,22?,25?/m0/s1. The summed E-state index contributed by atoms with van der Waals surface area (Å²) in [5.41, 5.74) is 1.69. The van der Waals surface area contributed by atoms with Crippen LogP contribution in [0.2, 0.25) is 0 Å². The molecule has 2 amide bonds. The lowest BCUT2D eigenvalue weighted by atomic mass is 9.77. The van der Waals surface area contributed by atoms with Gasteiger partial charge in [-0.25, -0.2) is 0 Å². The molecule has 2 bridgehead atoms. The highest BCUT2D eigenvalue weighted by molar-refractivity contribution is 5.93. The molecule has 2 N–H and O–H groups in total. The van der Waals surface area contributed by atoms with Crippen molar-refractivity contribution in [1.29, 1.82) is 0 Å². The minimum absolute atomic E-state index is 0.0375. The lowest BCUT2D eigenvalue weighted by Gasteiger charge is -2.23. The number of fused-ring (bicyclic) bond motifs is 2. The van der Waals surface area contributed by atoms with Crippen LogP contribution in [0.3, 0.4) is 0 Å². The van der Waals surface area contributed by atoms with Gasteiger partial charge in [0.2, 0.25) is 11.8 Å². The van der Waals surface area contributed by atoms with Crippen molar-refractivity contribution in [1.82, 2.24) is 15.2 Å². The van der Waals surface area contributed by atoms with Crippen LogP contribution in [0.4, 0.5) is 0 Å². The number of likely N-dealkylation sites (tertiary alicyclic amines) is 1. The number of ether oxygens (including phenoxy) is 1. The van der Waals surface area contributed by atoms with Gasteiger partial charge in [-0.1, -0.05) is 56.5 Å². The van der Waals surface area contributed by atoms with Crippen LogP contribution in [0.5, 0.6) is 0 Å². The zero-order valence-electron chi connectivity index (χ0n) is 18.1. The minimum atomic E-state index is -0.633. The quantitative estimate of drug-likeness (QED) is 0.482. The number of hydrogen-bond donors (Lipinski definition) is 2. The Morgan fingerprint density at radius 2 is 2.16 bits per heavy atom. The smallest absolute Gasteiger partial charge is 0.230 e. The van der Waals surface area contributed by atoms with Crippen molar-refractivity contribution >= 4 is 22.7 Å². The highest BCUT2D eigenvalue weighted by atomic mass is 16.5. The van der Waals surface area contributed by atoms with Crippen molar-refractivity contribution in [2.45, 2.75) is 50.7 Å². The van der Waals surface area contributed by atoms with E-state index in [4.69, 9.17) is 4.74 Å². The first-order chi connectivity index (χ1) is 15.1. The molecule has 0 saturated carbocycles. The highest BCUT2D eigenvalue weighted by Gasteiger charge is 2.66. The van der Waals surface area contributed by atoms with Crippen LogP contribution in [-0.4, -0.2) is 53.0 Å². The zero-order valence-corrected chi connectivity index (χ0v) is 18.1. The fourth-order valence-corrected chi connectivity index (χ4v) is 5.54. The van der Waals surface area contributed by atoms with Crippen LogP contribution in [0, 0.1) is 11.8 Å².